The summed E-state index contributed by atoms with van der Waals surface area (Å²) in [6.07, 6.45) is 12.0. The van der Waals surface area contributed by atoms with Crippen LogP contribution in [-0.4, -0.2) is 12.1 Å². The lowest BCUT2D eigenvalue weighted by Gasteiger charge is -2.34. The monoisotopic (exact) mass is 247 g/mol. The molecule has 0 aromatic carbocycles. The molecule has 0 aliphatic heterocycles. The van der Waals surface area contributed by atoms with Crippen LogP contribution in [0.25, 0.3) is 0 Å². The van der Waals surface area contributed by atoms with Crippen molar-refractivity contribution in [1.82, 2.24) is 5.32 Å². The van der Waals surface area contributed by atoms with Gasteiger partial charge in [-0.2, -0.15) is 0 Å². The van der Waals surface area contributed by atoms with E-state index in [1.807, 2.05) is 0 Å². The van der Waals surface area contributed by atoms with E-state index in [1.54, 1.807) is 19.3 Å². The van der Waals surface area contributed by atoms with Crippen LogP contribution in [0.1, 0.15) is 65.2 Å². The van der Waals surface area contributed by atoms with Crippen LogP contribution in [0.15, 0.2) is 0 Å². The normalized spacial score (nSPS) is 53.0. The van der Waals surface area contributed by atoms with Gasteiger partial charge in [0.05, 0.1) is 0 Å². The molecular weight excluding hydrogens is 218 g/mol. The van der Waals surface area contributed by atoms with Crippen molar-refractivity contribution in [3.8, 4) is 0 Å². The third-order valence-corrected chi connectivity index (χ3v) is 6.85. The molecule has 4 aliphatic carbocycles. The second kappa shape index (κ2) is 3.98. The van der Waals surface area contributed by atoms with Crippen molar-refractivity contribution in [3.63, 3.8) is 0 Å². The van der Waals surface area contributed by atoms with Crippen LogP contribution in [-0.2, 0) is 0 Å². The summed E-state index contributed by atoms with van der Waals surface area (Å²) < 4.78 is 0. The highest BCUT2D eigenvalue weighted by atomic mass is 15.0. The molecule has 6 atom stereocenters. The van der Waals surface area contributed by atoms with Gasteiger partial charge in [0.25, 0.3) is 0 Å². The molecule has 1 N–H and O–H groups in total. The number of rotatable bonds is 2. The molecule has 4 aliphatic rings. The zero-order chi connectivity index (χ0) is 12.3. The van der Waals surface area contributed by atoms with Gasteiger partial charge < -0.3 is 5.32 Å². The highest BCUT2D eigenvalue weighted by Gasteiger charge is 2.54. The van der Waals surface area contributed by atoms with Gasteiger partial charge >= 0.3 is 0 Å². The zero-order valence-corrected chi connectivity index (χ0v) is 12.1. The van der Waals surface area contributed by atoms with Gasteiger partial charge in [-0.25, -0.2) is 0 Å². The molecule has 6 unspecified atom stereocenters. The second-order valence-corrected chi connectivity index (χ2v) is 8.53. The van der Waals surface area contributed by atoms with Gasteiger partial charge in [-0.3, -0.25) is 0 Å². The summed E-state index contributed by atoms with van der Waals surface area (Å²) in [6, 6.07) is 1.73. The largest absolute Gasteiger partial charge is 0.311 e. The van der Waals surface area contributed by atoms with Gasteiger partial charge in [0, 0.05) is 12.1 Å². The quantitative estimate of drug-likeness (QED) is 0.778. The van der Waals surface area contributed by atoms with Crippen LogP contribution in [0.2, 0.25) is 0 Å². The van der Waals surface area contributed by atoms with Crippen LogP contribution < -0.4 is 5.32 Å². The summed E-state index contributed by atoms with van der Waals surface area (Å²) in [5.41, 5.74) is 0.602. The third kappa shape index (κ3) is 1.77. The fourth-order valence-corrected chi connectivity index (χ4v) is 6.14. The molecule has 18 heavy (non-hydrogen) atoms. The minimum atomic E-state index is 0.602. The zero-order valence-electron chi connectivity index (χ0n) is 12.1. The molecule has 1 nitrogen and oxygen atoms in total. The SMILES string of the molecule is CC1(C)CCC(NC2CC3CC2C2CCCC32)C1. The van der Waals surface area contributed by atoms with E-state index in [1.165, 1.54) is 32.1 Å². The van der Waals surface area contributed by atoms with Crippen molar-refractivity contribution in [2.24, 2.45) is 29.1 Å². The van der Waals surface area contributed by atoms with Crippen molar-refractivity contribution < 1.29 is 0 Å². The molecule has 4 saturated carbocycles. The van der Waals surface area contributed by atoms with Crippen molar-refractivity contribution in [2.75, 3.05) is 0 Å². The van der Waals surface area contributed by atoms with Gasteiger partial charge in [-0.05, 0) is 74.0 Å². The Morgan fingerprint density at radius 1 is 0.944 bits per heavy atom. The van der Waals surface area contributed by atoms with Crippen molar-refractivity contribution in [1.29, 1.82) is 0 Å². The molecule has 2 bridgehead atoms. The molecule has 4 fully saturated rings. The van der Waals surface area contributed by atoms with Crippen molar-refractivity contribution in [3.05, 3.63) is 0 Å². The first kappa shape index (κ1) is 11.8. The van der Waals surface area contributed by atoms with Crippen LogP contribution in [0.3, 0.4) is 0 Å². The first-order valence-corrected chi connectivity index (χ1v) is 8.38. The fraction of sp³-hybridized carbons (Fsp3) is 1.00. The van der Waals surface area contributed by atoms with Crippen molar-refractivity contribution >= 4 is 0 Å². The number of hydrogen-bond acceptors (Lipinski definition) is 1. The number of hydrogen-bond donors (Lipinski definition) is 1. The van der Waals surface area contributed by atoms with Gasteiger partial charge in [-0.1, -0.05) is 20.3 Å². The van der Waals surface area contributed by atoms with Gasteiger partial charge in [0.1, 0.15) is 0 Å². The van der Waals surface area contributed by atoms with Crippen LogP contribution in [0, 0.1) is 29.1 Å². The fourth-order valence-electron chi connectivity index (χ4n) is 6.14. The summed E-state index contributed by atoms with van der Waals surface area (Å²) in [6.45, 7) is 4.89. The first-order chi connectivity index (χ1) is 8.62. The Bertz CT molecular complexity index is 335. The standard InChI is InChI=1S/C17H29N/c1-17(2)7-6-12(10-17)18-16-9-11-8-15(16)14-5-3-4-13(11)14/h11-16,18H,3-10H2,1-2H3. The number of fused-ring (bicyclic) bond motifs is 5. The van der Waals surface area contributed by atoms with Crippen LogP contribution >= 0.6 is 0 Å². The van der Waals surface area contributed by atoms with E-state index >= 15 is 0 Å². The Morgan fingerprint density at radius 2 is 1.78 bits per heavy atom. The molecule has 0 amide bonds. The summed E-state index contributed by atoms with van der Waals surface area (Å²) in [4.78, 5) is 0. The van der Waals surface area contributed by atoms with Gasteiger partial charge in [0.2, 0.25) is 0 Å². The lowest BCUT2D eigenvalue weighted by Crippen LogP contribution is -2.44. The lowest BCUT2D eigenvalue weighted by molar-refractivity contribution is 0.195. The molecule has 1 heteroatoms. The molecular formula is C17H29N. The minimum Gasteiger partial charge on any atom is -0.311 e. The van der Waals surface area contributed by atoms with Gasteiger partial charge in [0.15, 0.2) is 0 Å². The summed E-state index contributed by atoms with van der Waals surface area (Å²) in [5, 5.41) is 4.08. The molecule has 0 aromatic heterocycles. The molecule has 0 saturated heterocycles. The van der Waals surface area contributed by atoms with Crippen molar-refractivity contribution in [2.45, 2.75) is 77.3 Å². The van der Waals surface area contributed by atoms with E-state index in [9.17, 15) is 0 Å². The second-order valence-electron chi connectivity index (χ2n) is 8.53. The lowest BCUT2D eigenvalue weighted by atomic mass is 9.79. The Balaban J connectivity index is 1.40. The van der Waals surface area contributed by atoms with E-state index in [-0.39, 0.29) is 0 Å². The van der Waals surface area contributed by atoms with Gasteiger partial charge in [-0.15, -0.1) is 0 Å². The topological polar surface area (TPSA) is 12.0 Å². The smallest absolute Gasteiger partial charge is 0.0103 e. The van der Waals surface area contributed by atoms with E-state index in [0.29, 0.717) is 5.41 Å². The molecule has 4 rings (SSSR count). The van der Waals surface area contributed by atoms with E-state index < -0.39 is 0 Å². The minimum absolute atomic E-state index is 0.602. The summed E-state index contributed by atoms with van der Waals surface area (Å²) in [7, 11) is 0. The predicted octanol–water partition coefficient (Wildman–Crippen LogP) is 3.98. The maximum atomic E-state index is 4.08. The Kier molecular flexibility index (Phi) is 2.60. The highest BCUT2D eigenvalue weighted by molar-refractivity contribution is 5.06. The maximum absolute atomic E-state index is 4.08. The Morgan fingerprint density at radius 3 is 2.56 bits per heavy atom. The molecule has 102 valence electrons. The predicted molar refractivity (Wildman–Crippen MR) is 75.4 cm³/mol. The number of nitrogens with one attached hydrogen (secondary N) is 1. The third-order valence-electron chi connectivity index (χ3n) is 6.85. The summed E-state index contributed by atoms with van der Waals surface area (Å²) in [5.74, 6) is 4.43. The first-order valence-electron chi connectivity index (χ1n) is 8.38. The summed E-state index contributed by atoms with van der Waals surface area (Å²) >= 11 is 0. The van der Waals surface area contributed by atoms with E-state index in [0.717, 1.165) is 35.8 Å². The van der Waals surface area contributed by atoms with E-state index in [2.05, 4.69) is 19.2 Å². The highest BCUT2D eigenvalue weighted by Crippen LogP contribution is 2.59. The molecule has 0 heterocycles. The average molecular weight is 247 g/mol. The molecule has 0 spiro atoms. The van der Waals surface area contributed by atoms with E-state index in [4.69, 9.17) is 0 Å². The Labute approximate surface area is 112 Å². The van der Waals surface area contributed by atoms with Crippen LogP contribution in [0.4, 0.5) is 0 Å². The Hall–Kier alpha value is -0.0400. The molecule has 0 radical (unpaired) electrons. The average Bonchev–Trinajstić information content (AvgIpc) is 2.99. The van der Waals surface area contributed by atoms with Crippen LogP contribution in [0.5, 0.6) is 0 Å². The molecule has 0 aromatic rings. The maximum Gasteiger partial charge on any atom is 0.0103 e.